The maximum absolute atomic E-state index is 13.7. The number of unbranched alkanes of at least 4 members (excludes halogenated alkanes) is 1. The Morgan fingerprint density at radius 2 is 1.65 bits per heavy atom. The van der Waals surface area contributed by atoms with Crippen molar-refractivity contribution in [2.45, 2.75) is 33.1 Å². The molecule has 3 aromatic carbocycles. The Labute approximate surface area is 181 Å². The van der Waals surface area contributed by atoms with Crippen molar-refractivity contribution in [3.63, 3.8) is 0 Å². The first-order valence-electron chi connectivity index (χ1n) is 10.3. The van der Waals surface area contributed by atoms with Crippen molar-refractivity contribution in [3.8, 4) is 16.9 Å². The van der Waals surface area contributed by atoms with Crippen LogP contribution in [0.3, 0.4) is 0 Å². The van der Waals surface area contributed by atoms with Crippen LogP contribution in [0.15, 0.2) is 65.7 Å². The quantitative estimate of drug-likeness (QED) is 0.286. The van der Waals surface area contributed by atoms with Crippen LogP contribution in [0.25, 0.3) is 11.1 Å². The molecule has 0 atom stereocenters. The lowest BCUT2D eigenvalue weighted by Gasteiger charge is -2.11. The molecule has 0 unspecified atom stereocenters. The van der Waals surface area contributed by atoms with E-state index in [1.54, 1.807) is 25.3 Å². The van der Waals surface area contributed by atoms with E-state index in [0.29, 0.717) is 40.3 Å². The van der Waals surface area contributed by atoms with Gasteiger partial charge < -0.3 is 4.74 Å². The summed E-state index contributed by atoms with van der Waals surface area (Å²) in [5, 5.41) is 0. The highest BCUT2D eigenvalue weighted by Gasteiger charge is 2.15. The molecule has 0 aliphatic carbocycles. The molecule has 0 saturated heterocycles. The highest BCUT2D eigenvalue weighted by molar-refractivity contribution is 6.06. The number of hydrogen-bond acceptors (Lipinski definition) is 3. The Morgan fingerprint density at radius 3 is 2.35 bits per heavy atom. The number of ketones is 1. The summed E-state index contributed by atoms with van der Waals surface area (Å²) in [6.07, 6.45) is 2.06. The number of nitrogens with zero attached hydrogens (tertiary/aromatic N) is 1. The molecule has 0 N–H and O–H groups in total. The van der Waals surface area contributed by atoms with Gasteiger partial charge in [-0.1, -0.05) is 37.6 Å². The first-order valence-corrected chi connectivity index (χ1v) is 10.3. The number of para-hydroxylation sites is 1. The van der Waals surface area contributed by atoms with Crippen LogP contribution in [-0.2, 0) is 0 Å². The van der Waals surface area contributed by atoms with Gasteiger partial charge in [-0.15, -0.1) is 0 Å². The first-order chi connectivity index (χ1) is 14.9. The van der Waals surface area contributed by atoms with Crippen molar-refractivity contribution in [1.82, 2.24) is 0 Å². The second-order valence-electron chi connectivity index (χ2n) is 7.29. The third-order valence-corrected chi connectivity index (χ3v) is 5.09. The maximum atomic E-state index is 13.7. The lowest BCUT2D eigenvalue weighted by Crippen LogP contribution is -2.02. The van der Waals surface area contributed by atoms with E-state index in [0.717, 1.165) is 30.5 Å². The van der Waals surface area contributed by atoms with E-state index in [1.807, 2.05) is 38.1 Å². The number of hydrogen-bond donors (Lipinski definition) is 0. The van der Waals surface area contributed by atoms with Crippen molar-refractivity contribution >= 4 is 17.2 Å². The molecule has 0 saturated carbocycles. The maximum Gasteiger partial charge on any atom is 0.165 e. The van der Waals surface area contributed by atoms with Gasteiger partial charge in [-0.2, -0.15) is 0 Å². The van der Waals surface area contributed by atoms with E-state index in [2.05, 4.69) is 0 Å². The van der Waals surface area contributed by atoms with Gasteiger partial charge in [-0.05, 0) is 60.9 Å². The summed E-state index contributed by atoms with van der Waals surface area (Å²) < 4.78 is 32.5. The highest BCUT2D eigenvalue weighted by atomic mass is 19.2. The third kappa shape index (κ3) is 5.23. The van der Waals surface area contributed by atoms with Gasteiger partial charge in [-0.3, -0.25) is 9.79 Å². The molecule has 5 heteroatoms. The predicted octanol–water partition coefficient (Wildman–Crippen LogP) is 7.15. The van der Waals surface area contributed by atoms with E-state index in [-0.39, 0.29) is 5.78 Å². The van der Waals surface area contributed by atoms with Gasteiger partial charge in [0.15, 0.2) is 17.4 Å². The van der Waals surface area contributed by atoms with Gasteiger partial charge in [0, 0.05) is 23.3 Å². The number of aliphatic imine (C=N–C) groups is 1. The molecule has 0 bridgehead atoms. The van der Waals surface area contributed by atoms with Crippen LogP contribution in [0, 0.1) is 11.6 Å². The molecule has 160 valence electrons. The Morgan fingerprint density at radius 1 is 0.935 bits per heavy atom. The zero-order valence-electron chi connectivity index (χ0n) is 17.9. The smallest absolute Gasteiger partial charge is 0.165 e. The molecule has 0 spiro atoms. The van der Waals surface area contributed by atoms with Gasteiger partial charge in [-0.25, -0.2) is 8.78 Å². The average molecular weight is 421 g/mol. The normalized spacial score (nSPS) is 11.5. The van der Waals surface area contributed by atoms with Crippen LogP contribution in [0.1, 0.15) is 49.0 Å². The zero-order chi connectivity index (χ0) is 22.4. The summed E-state index contributed by atoms with van der Waals surface area (Å²) in [6.45, 7) is 3.89. The number of carbonyl (C=O) groups excluding carboxylic acids is 1. The number of carbonyl (C=O) groups is 1. The minimum absolute atomic E-state index is 0.0298. The van der Waals surface area contributed by atoms with E-state index in [9.17, 15) is 13.6 Å². The molecule has 0 fully saturated rings. The standard InChI is InChI=1S/C26H25F2NO2/c1-4-5-9-25(30)21-15-18(19-11-13-22(27)23(28)16-19)12-14-24(21)29-17(2)20-8-6-7-10-26(20)31-3/h6-8,10-16H,4-5,9H2,1-3H3. The summed E-state index contributed by atoms with van der Waals surface area (Å²) in [6, 6.07) is 16.5. The van der Waals surface area contributed by atoms with Gasteiger partial charge in [0.25, 0.3) is 0 Å². The number of methoxy groups -OCH3 is 1. The summed E-state index contributed by atoms with van der Waals surface area (Å²) in [5.74, 6) is -1.17. The minimum atomic E-state index is -0.925. The molecule has 0 amide bonds. The summed E-state index contributed by atoms with van der Waals surface area (Å²) in [4.78, 5) is 17.7. The summed E-state index contributed by atoms with van der Waals surface area (Å²) >= 11 is 0. The second-order valence-corrected chi connectivity index (χ2v) is 7.29. The van der Waals surface area contributed by atoms with E-state index >= 15 is 0 Å². The highest BCUT2D eigenvalue weighted by Crippen LogP contribution is 2.30. The molecule has 3 nitrogen and oxygen atoms in total. The summed E-state index contributed by atoms with van der Waals surface area (Å²) in [5.41, 5.74) is 3.68. The molecular formula is C26H25F2NO2. The average Bonchev–Trinajstić information content (AvgIpc) is 2.79. The van der Waals surface area contributed by atoms with Crippen LogP contribution in [0.4, 0.5) is 14.5 Å². The number of ether oxygens (including phenoxy) is 1. The lowest BCUT2D eigenvalue weighted by atomic mass is 9.97. The minimum Gasteiger partial charge on any atom is -0.496 e. The first kappa shape index (κ1) is 22.3. The molecule has 0 aromatic heterocycles. The Bertz CT molecular complexity index is 1120. The van der Waals surface area contributed by atoms with Gasteiger partial charge in [0.05, 0.1) is 12.8 Å². The Balaban J connectivity index is 2.08. The van der Waals surface area contributed by atoms with E-state index in [1.165, 1.54) is 6.07 Å². The van der Waals surface area contributed by atoms with Crippen LogP contribution < -0.4 is 4.74 Å². The van der Waals surface area contributed by atoms with E-state index < -0.39 is 11.6 Å². The van der Waals surface area contributed by atoms with Crippen LogP contribution in [-0.4, -0.2) is 18.6 Å². The number of benzene rings is 3. The molecule has 31 heavy (non-hydrogen) atoms. The summed E-state index contributed by atoms with van der Waals surface area (Å²) in [7, 11) is 1.60. The van der Waals surface area contributed by atoms with Crippen molar-refractivity contribution in [2.75, 3.05) is 7.11 Å². The predicted molar refractivity (Wildman–Crippen MR) is 121 cm³/mol. The Hall–Kier alpha value is -3.34. The molecule has 0 aliphatic heterocycles. The van der Waals surface area contributed by atoms with Gasteiger partial charge >= 0.3 is 0 Å². The number of rotatable bonds is 8. The number of halogens is 2. The molecule has 0 radical (unpaired) electrons. The SMILES string of the molecule is CCCCC(=O)c1cc(-c2ccc(F)c(F)c2)ccc1N=C(C)c1ccccc1OC. The largest absolute Gasteiger partial charge is 0.496 e. The third-order valence-electron chi connectivity index (χ3n) is 5.09. The topological polar surface area (TPSA) is 38.7 Å². The molecule has 3 rings (SSSR count). The molecule has 3 aromatic rings. The molecule has 0 heterocycles. The zero-order valence-corrected chi connectivity index (χ0v) is 17.9. The fourth-order valence-corrected chi connectivity index (χ4v) is 3.37. The fraction of sp³-hybridized carbons (Fsp3) is 0.231. The van der Waals surface area contributed by atoms with Gasteiger partial charge in [0.2, 0.25) is 0 Å². The van der Waals surface area contributed by atoms with Crippen molar-refractivity contribution in [2.24, 2.45) is 4.99 Å². The second kappa shape index (κ2) is 10.1. The van der Waals surface area contributed by atoms with Gasteiger partial charge in [0.1, 0.15) is 5.75 Å². The Kier molecular flexibility index (Phi) is 7.29. The molecule has 0 aliphatic rings. The van der Waals surface area contributed by atoms with Crippen LogP contribution in [0.2, 0.25) is 0 Å². The van der Waals surface area contributed by atoms with Crippen LogP contribution in [0.5, 0.6) is 5.75 Å². The van der Waals surface area contributed by atoms with Crippen molar-refractivity contribution < 1.29 is 18.3 Å². The lowest BCUT2D eigenvalue weighted by molar-refractivity contribution is 0.0980. The van der Waals surface area contributed by atoms with E-state index in [4.69, 9.17) is 9.73 Å². The molecular weight excluding hydrogens is 396 g/mol. The fourth-order valence-electron chi connectivity index (χ4n) is 3.37. The monoisotopic (exact) mass is 421 g/mol. The number of Topliss-reactive ketones (excluding diaryl/α,β-unsaturated/α-hetero) is 1. The van der Waals surface area contributed by atoms with Crippen molar-refractivity contribution in [1.29, 1.82) is 0 Å². The van der Waals surface area contributed by atoms with Crippen molar-refractivity contribution in [3.05, 3.63) is 83.4 Å². The van der Waals surface area contributed by atoms with Crippen LogP contribution >= 0.6 is 0 Å².